The zero-order valence-electron chi connectivity index (χ0n) is 16.5. The lowest BCUT2D eigenvalue weighted by Gasteiger charge is -2.23. The van der Waals surface area contributed by atoms with Crippen LogP contribution in [0.3, 0.4) is 0 Å². The number of thiophene rings is 1. The highest BCUT2D eigenvalue weighted by Crippen LogP contribution is 2.33. The number of hydrogen-bond donors (Lipinski definition) is 1. The third-order valence-electron chi connectivity index (χ3n) is 4.66. The second kappa shape index (κ2) is 9.25. The third kappa shape index (κ3) is 4.80. The number of hydrogen-bond acceptors (Lipinski definition) is 5. The highest BCUT2D eigenvalue weighted by atomic mass is 35.5. The maximum Gasteiger partial charge on any atom is 0.303 e. The topological polar surface area (TPSA) is 77.4 Å². The highest BCUT2D eigenvalue weighted by molar-refractivity contribution is 7.87. The van der Waals surface area contributed by atoms with Gasteiger partial charge in [0.15, 0.2) is 0 Å². The van der Waals surface area contributed by atoms with E-state index in [4.69, 9.17) is 16.7 Å². The average molecular weight is 454 g/mol. The van der Waals surface area contributed by atoms with Gasteiger partial charge in [0.25, 0.3) is 0 Å². The normalized spacial score (nSPS) is 17.7. The number of hydrazone groups is 1. The van der Waals surface area contributed by atoms with Gasteiger partial charge in [-0.1, -0.05) is 55.8 Å². The molecule has 0 fully saturated rings. The molecule has 156 valence electrons. The first-order chi connectivity index (χ1) is 13.9. The minimum absolute atomic E-state index is 0.0272. The molecule has 29 heavy (non-hydrogen) atoms. The van der Waals surface area contributed by atoms with Crippen molar-refractivity contribution >= 4 is 44.8 Å². The Bertz CT molecular complexity index is 1000. The van der Waals surface area contributed by atoms with Crippen LogP contribution in [0.15, 0.2) is 52.6 Å². The summed E-state index contributed by atoms with van der Waals surface area (Å²) in [5, 5.41) is 6.33. The van der Waals surface area contributed by atoms with Crippen molar-refractivity contribution in [3.8, 4) is 0 Å². The summed E-state index contributed by atoms with van der Waals surface area (Å²) in [6, 6.07) is 13.8. The molecule has 2 heterocycles. The van der Waals surface area contributed by atoms with Crippen LogP contribution in [0.2, 0.25) is 4.34 Å². The van der Waals surface area contributed by atoms with E-state index in [2.05, 4.69) is 9.71 Å². The second-order valence-electron chi connectivity index (χ2n) is 6.37. The van der Waals surface area contributed by atoms with Gasteiger partial charge in [-0.2, -0.15) is 17.8 Å². The van der Waals surface area contributed by atoms with Crippen LogP contribution in [0.5, 0.6) is 0 Å². The maximum atomic E-state index is 12.7. The van der Waals surface area contributed by atoms with Crippen LogP contribution in [0.25, 0.3) is 0 Å². The first-order valence-corrected chi connectivity index (χ1v) is 11.9. The smallest absolute Gasteiger partial charge is 0.254 e. The lowest BCUT2D eigenvalue weighted by atomic mass is 9.94. The van der Waals surface area contributed by atoms with Crippen molar-refractivity contribution in [1.29, 1.82) is 0 Å². The molecule has 0 radical (unpaired) electrons. The summed E-state index contributed by atoms with van der Waals surface area (Å²) >= 11 is 7.59. The number of benzene rings is 1. The van der Waals surface area contributed by atoms with Gasteiger partial charge in [-0.3, -0.25) is 4.99 Å². The Kier molecular flexibility index (Phi) is 6.94. The van der Waals surface area contributed by atoms with Crippen molar-refractivity contribution in [3.05, 3.63) is 57.2 Å². The minimum Gasteiger partial charge on any atom is -0.254 e. The van der Waals surface area contributed by atoms with Crippen molar-refractivity contribution in [2.45, 2.75) is 19.8 Å². The number of nitrogens with zero attached hydrogens (tertiary/aromatic N) is 4. The van der Waals surface area contributed by atoms with Gasteiger partial charge in [-0.05, 0) is 17.7 Å². The predicted molar refractivity (Wildman–Crippen MR) is 120 cm³/mol. The molecule has 1 atom stereocenters. The van der Waals surface area contributed by atoms with E-state index in [9.17, 15) is 8.42 Å². The summed E-state index contributed by atoms with van der Waals surface area (Å²) in [7, 11) is -2.16. The zero-order valence-corrected chi connectivity index (χ0v) is 18.9. The monoisotopic (exact) mass is 453 g/mol. The summed E-state index contributed by atoms with van der Waals surface area (Å²) < 4.78 is 29.9. The fourth-order valence-electron chi connectivity index (χ4n) is 3.21. The predicted octanol–water partition coefficient (Wildman–Crippen LogP) is 3.37. The van der Waals surface area contributed by atoms with E-state index >= 15 is 0 Å². The van der Waals surface area contributed by atoms with E-state index in [-0.39, 0.29) is 11.9 Å². The minimum atomic E-state index is -3.71. The van der Waals surface area contributed by atoms with Crippen LogP contribution in [-0.4, -0.2) is 56.1 Å². The van der Waals surface area contributed by atoms with Crippen molar-refractivity contribution in [1.82, 2.24) is 14.0 Å². The molecule has 0 amide bonds. The van der Waals surface area contributed by atoms with Crippen LogP contribution >= 0.6 is 22.9 Å². The molecular formula is C19H24ClN5O2S2. The van der Waals surface area contributed by atoms with Crippen LogP contribution in [-0.2, 0) is 10.2 Å². The molecule has 0 bridgehead atoms. The molecule has 10 heteroatoms. The number of guanidine groups is 1. The Hall–Kier alpha value is -1.94. The highest BCUT2D eigenvalue weighted by Gasteiger charge is 2.34. The van der Waals surface area contributed by atoms with Crippen molar-refractivity contribution in [2.24, 2.45) is 10.1 Å². The van der Waals surface area contributed by atoms with E-state index in [0.29, 0.717) is 24.0 Å². The Morgan fingerprint density at radius 2 is 1.97 bits per heavy atom. The molecule has 1 unspecified atom stereocenters. The lowest BCUT2D eigenvalue weighted by molar-refractivity contribution is 0.430. The number of nitrogens with one attached hydrogen (secondary N) is 1. The Labute approximate surface area is 180 Å². The molecule has 2 aromatic rings. The number of rotatable bonds is 6. The van der Waals surface area contributed by atoms with Crippen LogP contribution in [0.1, 0.15) is 30.2 Å². The van der Waals surface area contributed by atoms with Gasteiger partial charge >= 0.3 is 10.2 Å². The van der Waals surface area contributed by atoms with Gasteiger partial charge < -0.3 is 0 Å². The summed E-state index contributed by atoms with van der Waals surface area (Å²) in [4.78, 5) is 5.12. The maximum absolute atomic E-state index is 12.7. The largest absolute Gasteiger partial charge is 0.303 e. The molecule has 0 saturated carbocycles. The SMILES string of the molecule is CCN(CC)S(=O)(=O)NC(=NC)N1CC(c2ccccc2)C(c2ccc(Cl)s2)=N1. The molecular weight excluding hydrogens is 430 g/mol. The lowest BCUT2D eigenvalue weighted by Crippen LogP contribution is -2.48. The Morgan fingerprint density at radius 1 is 1.28 bits per heavy atom. The molecule has 0 spiro atoms. The Morgan fingerprint density at radius 3 is 2.52 bits per heavy atom. The summed E-state index contributed by atoms with van der Waals surface area (Å²) in [5.41, 5.74) is 1.94. The van der Waals surface area contributed by atoms with Crippen molar-refractivity contribution in [3.63, 3.8) is 0 Å². The van der Waals surface area contributed by atoms with Gasteiger partial charge in [0.1, 0.15) is 0 Å². The first-order valence-electron chi connectivity index (χ1n) is 9.31. The molecule has 7 nitrogen and oxygen atoms in total. The van der Waals surface area contributed by atoms with Crippen molar-refractivity contribution in [2.75, 3.05) is 26.7 Å². The molecule has 3 rings (SSSR count). The Balaban J connectivity index is 1.94. The zero-order chi connectivity index (χ0) is 21.0. The third-order valence-corrected chi connectivity index (χ3v) is 7.55. The summed E-state index contributed by atoms with van der Waals surface area (Å²) in [6.07, 6.45) is 0. The van der Waals surface area contributed by atoms with E-state index in [1.54, 1.807) is 25.9 Å². The second-order valence-corrected chi connectivity index (χ2v) is 9.76. The van der Waals surface area contributed by atoms with Crippen LogP contribution < -0.4 is 4.72 Å². The molecule has 1 N–H and O–H groups in total. The van der Waals surface area contributed by atoms with Crippen LogP contribution in [0.4, 0.5) is 0 Å². The molecule has 1 aromatic heterocycles. The molecule has 0 aliphatic carbocycles. The fraction of sp³-hybridized carbons (Fsp3) is 0.368. The van der Waals surface area contributed by atoms with E-state index in [1.807, 2.05) is 42.5 Å². The van der Waals surface area contributed by atoms with Gasteiger partial charge in [0, 0.05) is 26.1 Å². The average Bonchev–Trinajstić information content (AvgIpc) is 3.34. The van der Waals surface area contributed by atoms with E-state index < -0.39 is 10.2 Å². The molecule has 0 saturated heterocycles. The first kappa shape index (κ1) is 21.8. The quantitative estimate of drug-likeness (QED) is 0.538. The number of aliphatic imine (C=N–C) groups is 1. The summed E-state index contributed by atoms with van der Waals surface area (Å²) in [5.74, 6) is 0.163. The fourth-order valence-corrected chi connectivity index (χ4v) is 5.53. The standard InChI is InChI=1S/C19H24ClN5O2S2/c1-4-24(5-2)29(26,27)23-19(21-3)25-13-15(14-9-7-6-8-10-14)18(22-25)16-11-12-17(20)28-16/h6-12,15H,4-5,13H2,1-3H3,(H,21,23). The van der Waals surface area contributed by atoms with Gasteiger partial charge in [0.05, 0.1) is 21.5 Å². The van der Waals surface area contributed by atoms with Gasteiger partial charge in [-0.25, -0.2) is 9.73 Å². The number of halogens is 1. The van der Waals surface area contributed by atoms with Gasteiger partial charge in [0.2, 0.25) is 5.96 Å². The van der Waals surface area contributed by atoms with Crippen LogP contribution in [0, 0.1) is 0 Å². The van der Waals surface area contributed by atoms with Crippen molar-refractivity contribution < 1.29 is 8.42 Å². The summed E-state index contributed by atoms with van der Waals surface area (Å²) in [6.45, 7) is 4.81. The van der Waals surface area contributed by atoms with Gasteiger partial charge in [-0.15, -0.1) is 11.3 Å². The molecule has 1 aliphatic heterocycles. The van der Waals surface area contributed by atoms with E-state index in [0.717, 1.165) is 16.2 Å². The molecule has 1 aromatic carbocycles. The molecule has 1 aliphatic rings. The van der Waals surface area contributed by atoms with E-state index in [1.165, 1.54) is 15.6 Å².